The Kier molecular flexibility index (Phi) is 5.74. The second-order valence-electron chi connectivity index (χ2n) is 6.97. The van der Waals surface area contributed by atoms with E-state index < -0.39 is 11.9 Å². The van der Waals surface area contributed by atoms with Crippen molar-refractivity contribution in [3.63, 3.8) is 0 Å². The molecule has 0 spiro atoms. The highest BCUT2D eigenvalue weighted by Crippen LogP contribution is 2.24. The van der Waals surface area contributed by atoms with Gasteiger partial charge in [-0.05, 0) is 37.0 Å². The minimum Gasteiger partial charge on any atom is -0.481 e. The van der Waals surface area contributed by atoms with Crippen LogP contribution in [0.1, 0.15) is 25.3 Å². The van der Waals surface area contributed by atoms with Gasteiger partial charge in [0.2, 0.25) is 11.8 Å². The van der Waals surface area contributed by atoms with Crippen LogP contribution in [0.2, 0.25) is 0 Å². The number of rotatable bonds is 5. The number of amides is 1. The number of carboxylic acids is 1. The predicted octanol–water partition coefficient (Wildman–Crippen LogP) is 3.01. The third kappa shape index (κ3) is 4.45. The van der Waals surface area contributed by atoms with E-state index in [9.17, 15) is 14.7 Å². The first-order valence-corrected chi connectivity index (χ1v) is 9.09. The number of carbonyl (C=O) groups excluding carboxylic acids is 1. The van der Waals surface area contributed by atoms with Crippen LogP contribution in [0.3, 0.4) is 0 Å². The minimum atomic E-state index is -0.822. The van der Waals surface area contributed by atoms with Crippen LogP contribution in [0.15, 0.2) is 42.6 Å². The van der Waals surface area contributed by atoms with E-state index in [2.05, 4.69) is 4.98 Å². The van der Waals surface area contributed by atoms with Gasteiger partial charge in [-0.25, -0.2) is 4.98 Å². The van der Waals surface area contributed by atoms with Crippen LogP contribution in [0, 0.1) is 5.92 Å². The summed E-state index contributed by atoms with van der Waals surface area (Å²) in [5.74, 6) is -0.740. The first-order valence-electron chi connectivity index (χ1n) is 9.09. The van der Waals surface area contributed by atoms with Crippen LogP contribution in [0.4, 0.5) is 0 Å². The molecule has 142 valence electrons. The second-order valence-corrected chi connectivity index (χ2v) is 6.97. The molecule has 2 aromatic rings. The molecule has 6 nitrogen and oxygen atoms in total. The van der Waals surface area contributed by atoms with E-state index in [1.165, 1.54) is 0 Å². The van der Waals surface area contributed by atoms with E-state index in [1.807, 2.05) is 43.3 Å². The van der Waals surface area contributed by atoms with Gasteiger partial charge in [-0.2, -0.15) is 0 Å². The number of carbonyl (C=O) groups is 2. The zero-order valence-corrected chi connectivity index (χ0v) is 15.6. The first-order chi connectivity index (χ1) is 13.0. The molecule has 0 aliphatic carbocycles. The number of aromatic nitrogens is 1. The largest absolute Gasteiger partial charge is 0.481 e. The first kappa shape index (κ1) is 18.9. The molecule has 0 bridgehead atoms. The summed E-state index contributed by atoms with van der Waals surface area (Å²) in [4.78, 5) is 29.8. The molecule has 3 rings (SSSR count). The molecule has 1 amide bonds. The maximum Gasteiger partial charge on any atom is 0.308 e. The molecular weight excluding hydrogens is 344 g/mol. The molecule has 0 radical (unpaired) electrons. The third-order valence-corrected chi connectivity index (χ3v) is 5.14. The zero-order chi connectivity index (χ0) is 19.4. The number of carboxylic acid groups (broad SMARTS) is 1. The van der Waals surface area contributed by atoms with Gasteiger partial charge < -0.3 is 14.7 Å². The highest BCUT2D eigenvalue weighted by Gasteiger charge is 2.32. The number of piperidine rings is 1. The van der Waals surface area contributed by atoms with Gasteiger partial charge in [0, 0.05) is 30.4 Å². The molecule has 27 heavy (non-hydrogen) atoms. The summed E-state index contributed by atoms with van der Waals surface area (Å²) in [5, 5.41) is 9.23. The highest BCUT2D eigenvalue weighted by molar-refractivity contribution is 5.80. The summed E-state index contributed by atoms with van der Waals surface area (Å²) >= 11 is 0. The fourth-order valence-electron chi connectivity index (χ4n) is 3.42. The molecule has 1 saturated heterocycles. The van der Waals surface area contributed by atoms with Crippen LogP contribution < -0.4 is 4.74 Å². The monoisotopic (exact) mass is 368 g/mol. The normalized spacial score (nSPS) is 19.6. The van der Waals surface area contributed by atoms with Crippen molar-refractivity contribution in [2.45, 2.75) is 32.2 Å². The van der Waals surface area contributed by atoms with Crippen LogP contribution in [0.5, 0.6) is 5.88 Å². The highest BCUT2D eigenvalue weighted by atomic mass is 16.5. The quantitative estimate of drug-likeness (QED) is 0.878. The number of nitrogens with zero attached hydrogens (tertiary/aromatic N) is 2. The SMILES string of the molecule is COc1ccc(-c2ccc(CC(=O)N3C[C@H](C(=O)O)CC[C@@H]3C)cc2)cn1. The standard InChI is InChI=1S/C21H24N2O4/c1-14-3-6-18(21(25)26)13-23(14)20(24)11-15-4-7-16(8-5-15)17-9-10-19(27-2)22-12-17/h4-5,7-10,12,14,18H,3,6,11,13H2,1-2H3,(H,25,26)/t14-,18+/m0/s1. The average molecular weight is 368 g/mol. The number of aliphatic carboxylic acids is 1. The van der Waals surface area contributed by atoms with Crippen LogP contribution in [-0.4, -0.2) is 46.6 Å². The molecule has 1 fully saturated rings. The van der Waals surface area contributed by atoms with E-state index >= 15 is 0 Å². The number of likely N-dealkylation sites (tertiary alicyclic amines) is 1. The van der Waals surface area contributed by atoms with Crippen molar-refractivity contribution in [1.29, 1.82) is 0 Å². The summed E-state index contributed by atoms with van der Waals surface area (Å²) in [6.07, 6.45) is 3.38. The lowest BCUT2D eigenvalue weighted by molar-refractivity contribution is -0.147. The van der Waals surface area contributed by atoms with Crippen molar-refractivity contribution in [3.8, 4) is 17.0 Å². The topological polar surface area (TPSA) is 79.7 Å². The minimum absolute atomic E-state index is 0.0210. The molecular formula is C21H24N2O4. The Bertz CT molecular complexity index is 802. The summed E-state index contributed by atoms with van der Waals surface area (Å²) in [6.45, 7) is 2.28. The summed E-state index contributed by atoms with van der Waals surface area (Å²) in [5.41, 5.74) is 2.90. The number of methoxy groups -OCH3 is 1. The summed E-state index contributed by atoms with van der Waals surface area (Å²) < 4.78 is 5.07. The Morgan fingerprint density at radius 3 is 2.44 bits per heavy atom. The zero-order valence-electron chi connectivity index (χ0n) is 15.6. The van der Waals surface area contributed by atoms with Crippen LogP contribution >= 0.6 is 0 Å². The predicted molar refractivity (Wildman–Crippen MR) is 101 cm³/mol. The average Bonchev–Trinajstić information content (AvgIpc) is 2.68. The maximum atomic E-state index is 12.7. The van der Waals surface area contributed by atoms with Crippen molar-refractivity contribution in [3.05, 3.63) is 48.2 Å². The van der Waals surface area contributed by atoms with Crippen molar-refractivity contribution in [1.82, 2.24) is 9.88 Å². The molecule has 1 N–H and O–H groups in total. The molecule has 0 saturated carbocycles. The Morgan fingerprint density at radius 2 is 1.85 bits per heavy atom. The van der Waals surface area contributed by atoms with Gasteiger partial charge in [0.05, 0.1) is 19.4 Å². The van der Waals surface area contributed by atoms with Gasteiger partial charge >= 0.3 is 5.97 Å². The van der Waals surface area contributed by atoms with Gasteiger partial charge in [0.15, 0.2) is 0 Å². The summed E-state index contributed by atoms with van der Waals surface area (Å²) in [7, 11) is 1.58. The van der Waals surface area contributed by atoms with E-state index in [-0.39, 0.29) is 18.4 Å². The van der Waals surface area contributed by atoms with E-state index in [0.29, 0.717) is 18.8 Å². The molecule has 2 atom stereocenters. The van der Waals surface area contributed by atoms with Crippen molar-refractivity contribution in [2.24, 2.45) is 5.92 Å². The van der Waals surface area contributed by atoms with Crippen LogP contribution in [-0.2, 0) is 16.0 Å². The van der Waals surface area contributed by atoms with Gasteiger partial charge in [-0.15, -0.1) is 0 Å². The van der Waals surface area contributed by atoms with Gasteiger partial charge in [0.25, 0.3) is 0 Å². The lowest BCUT2D eigenvalue weighted by Gasteiger charge is -2.36. The van der Waals surface area contributed by atoms with Crippen molar-refractivity contribution >= 4 is 11.9 Å². The number of benzene rings is 1. The van der Waals surface area contributed by atoms with Crippen molar-refractivity contribution < 1.29 is 19.4 Å². The fourth-order valence-corrected chi connectivity index (χ4v) is 3.42. The second kappa shape index (κ2) is 8.20. The number of hydrogen-bond acceptors (Lipinski definition) is 4. The molecule has 1 aliphatic heterocycles. The smallest absolute Gasteiger partial charge is 0.308 e. The molecule has 6 heteroatoms. The maximum absolute atomic E-state index is 12.7. The lowest BCUT2D eigenvalue weighted by atomic mass is 9.93. The van der Waals surface area contributed by atoms with Crippen LogP contribution in [0.25, 0.3) is 11.1 Å². The fraction of sp³-hybridized carbons (Fsp3) is 0.381. The number of pyridine rings is 1. The van der Waals surface area contributed by atoms with E-state index in [4.69, 9.17) is 4.74 Å². The molecule has 1 aliphatic rings. The Hall–Kier alpha value is -2.89. The Morgan fingerprint density at radius 1 is 1.15 bits per heavy atom. The third-order valence-electron chi connectivity index (χ3n) is 5.14. The van der Waals surface area contributed by atoms with E-state index in [0.717, 1.165) is 23.1 Å². The molecule has 1 aromatic heterocycles. The number of ether oxygens (including phenoxy) is 1. The molecule has 1 aromatic carbocycles. The van der Waals surface area contributed by atoms with Gasteiger partial charge in [0.1, 0.15) is 0 Å². The summed E-state index contributed by atoms with van der Waals surface area (Å²) in [6, 6.07) is 11.6. The van der Waals surface area contributed by atoms with Crippen molar-refractivity contribution in [2.75, 3.05) is 13.7 Å². The number of hydrogen-bond donors (Lipinski definition) is 1. The van der Waals surface area contributed by atoms with Gasteiger partial charge in [-0.1, -0.05) is 24.3 Å². The van der Waals surface area contributed by atoms with Gasteiger partial charge in [-0.3, -0.25) is 9.59 Å². The van der Waals surface area contributed by atoms with E-state index in [1.54, 1.807) is 18.2 Å². The Balaban J connectivity index is 1.66. The molecule has 2 heterocycles. The lowest BCUT2D eigenvalue weighted by Crippen LogP contribution is -2.47. The Labute approximate surface area is 158 Å². The molecule has 0 unspecified atom stereocenters.